The number of esters is 2. The van der Waals surface area contributed by atoms with Crippen LogP contribution in [0.3, 0.4) is 0 Å². The van der Waals surface area contributed by atoms with Crippen molar-refractivity contribution in [2.75, 3.05) is 47.5 Å². The van der Waals surface area contributed by atoms with Crippen molar-refractivity contribution in [1.29, 1.82) is 0 Å². The molecule has 0 aromatic rings. The second-order valence-corrected chi connectivity index (χ2v) is 19.6. The summed E-state index contributed by atoms with van der Waals surface area (Å²) in [5.41, 5.74) is 0. The first-order chi connectivity index (χ1) is 30.0. The first-order valence-electron chi connectivity index (χ1n) is 25.4. The van der Waals surface area contributed by atoms with E-state index in [1.165, 1.54) is 128 Å². The lowest BCUT2D eigenvalue weighted by atomic mass is 10.0. The third-order valence-electron chi connectivity index (χ3n) is 10.9. The first kappa shape index (κ1) is 60.0. The highest BCUT2D eigenvalue weighted by Crippen LogP contribution is 2.43. The van der Waals surface area contributed by atoms with Gasteiger partial charge < -0.3 is 18.9 Å². The SMILES string of the molecule is CC/C=C\C/C=C\C/C=C\C/C=C\CCCCCCCCCCCCCCCCC(=O)OC(COC(=O)CCCCCCCCCCCCC)COP(=O)(O)OCC[N+](C)(C)C. The van der Waals surface area contributed by atoms with E-state index in [9.17, 15) is 19.0 Å². The molecule has 0 aliphatic carbocycles. The summed E-state index contributed by atoms with van der Waals surface area (Å²) >= 11 is 0. The molecule has 0 bridgehead atoms. The Labute approximate surface area is 382 Å². The predicted molar refractivity (Wildman–Crippen MR) is 261 cm³/mol. The van der Waals surface area contributed by atoms with Gasteiger partial charge in [0.1, 0.15) is 19.8 Å². The van der Waals surface area contributed by atoms with Gasteiger partial charge in [-0.1, -0.05) is 204 Å². The van der Waals surface area contributed by atoms with Crippen LogP contribution in [0.4, 0.5) is 0 Å². The number of allylic oxidation sites excluding steroid dienone is 8. The zero-order valence-electron chi connectivity index (χ0n) is 40.9. The van der Waals surface area contributed by atoms with Gasteiger partial charge in [-0.3, -0.25) is 18.6 Å². The van der Waals surface area contributed by atoms with Crippen molar-refractivity contribution >= 4 is 19.8 Å². The fourth-order valence-corrected chi connectivity index (χ4v) is 7.69. The Morgan fingerprint density at radius 1 is 0.516 bits per heavy atom. The van der Waals surface area contributed by atoms with Gasteiger partial charge in [-0.25, -0.2) is 4.57 Å². The fourth-order valence-electron chi connectivity index (χ4n) is 6.95. The molecule has 9 nitrogen and oxygen atoms in total. The topological polar surface area (TPSA) is 108 Å². The molecule has 62 heavy (non-hydrogen) atoms. The van der Waals surface area contributed by atoms with Crippen LogP contribution in [0.1, 0.15) is 219 Å². The van der Waals surface area contributed by atoms with E-state index in [1.54, 1.807) is 0 Å². The Kier molecular flexibility index (Phi) is 42.7. The molecular weight excluding hydrogens is 798 g/mol. The highest BCUT2D eigenvalue weighted by Gasteiger charge is 2.27. The van der Waals surface area contributed by atoms with E-state index < -0.39 is 26.5 Å². The van der Waals surface area contributed by atoms with Crippen LogP contribution in [0.5, 0.6) is 0 Å². The van der Waals surface area contributed by atoms with Crippen LogP contribution >= 0.6 is 7.82 Å². The molecule has 0 heterocycles. The Bertz CT molecular complexity index is 1190. The molecule has 0 spiro atoms. The number of ether oxygens (including phenoxy) is 2. The summed E-state index contributed by atoms with van der Waals surface area (Å²) in [6.07, 6.45) is 53.1. The van der Waals surface area contributed by atoms with E-state index in [0.29, 0.717) is 23.9 Å². The van der Waals surface area contributed by atoms with Crippen LogP contribution in [0.25, 0.3) is 0 Å². The van der Waals surface area contributed by atoms with Crippen molar-refractivity contribution in [3.63, 3.8) is 0 Å². The molecule has 0 radical (unpaired) electrons. The number of unbranched alkanes of at least 4 members (excludes halogenated alkanes) is 24. The summed E-state index contributed by atoms with van der Waals surface area (Å²) in [5.74, 6) is -0.794. The number of rotatable bonds is 46. The van der Waals surface area contributed by atoms with Crippen LogP contribution in [-0.4, -0.2) is 74.9 Å². The molecule has 0 aromatic heterocycles. The number of hydrogen-bond donors (Lipinski definition) is 1. The number of phosphoric acid groups is 1. The third-order valence-corrected chi connectivity index (χ3v) is 11.9. The highest BCUT2D eigenvalue weighted by atomic mass is 31.2. The van der Waals surface area contributed by atoms with Gasteiger partial charge in [0, 0.05) is 12.8 Å². The van der Waals surface area contributed by atoms with Crippen molar-refractivity contribution in [2.24, 2.45) is 0 Å². The van der Waals surface area contributed by atoms with Crippen LogP contribution < -0.4 is 0 Å². The zero-order valence-corrected chi connectivity index (χ0v) is 41.7. The normalized spacial score (nSPS) is 13.8. The summed E-state index contributed by atoms with van der Waals surface area (Å²) in [6, 6.07) is 0. The Hall–Kier alpha value is -2.03. The monoisotopic (exact) mass is 895 g/mol. The summed E-state index contributed by atoms with van der Waals surface area (Å²) in [4.78, 5) is 35.4. The summed E-state index contributed by atoms with van der Waals surface area (Å²) in [6.45, 7) is 4.32. The third kappa shape index (κ3) is 47.4. The van der Waals surface area contributed by atoms with Crippen LogP contribution in [-0.2, 0) is 32.7 Å². The molecule has 0 aliphatic rings. The molecule has 10 heteroatoms. The van der Waals surface area contributed by atoms with E-state index in [2.05, 4.69) is 62.5 Å². The van der Waals surface area contributed by atoms with Gasteiger partial charge in [-0.2, -0.15) is 0 Å². The minimum absolute atomic E-state index is 0.0324. The van der Waals surface area contributed by atoms with E-state index in [0.717, 1.165) is 57.8 Å². The second kappa shape index (κ2) is 44.2. The Balaban J connectivity index is 4.12. The maximum atomic E-state index is 12.7. The summed E-state index contributed by atoms with van der Waals surface area (Å²) in [7, 11) is 1.48. The van der Waals surface area contributed by atoms with Crippen molar-refractivity contribution in [2.45, 2.75) is 225 Å². The Morgan fingerprint density at radius 3 is 1.37 bits per heavy atom. The quantitative estimate of drug-likeness (QED) is 0.0212. The molecule has 2 atom stereocenters. The largest absolute Gasteiger partial charge is 0.472 e. The fraction of sp³-hybridized carbons (Fsp3) is 0.808. The minimum atomic E-state index is -4.37. The number of nitrogens with zero attached hydrogens (tertiary/aromatic N) is 1. The van der Waals surface area contributed by atoms with E-state index in [4.69, 9.17) is 18.5 Å². The molecule has 1 N–H and O–H groups in total. The van der Waals surface area contributed by atoms with Crippen molar-refractivity contribution in [3.05, 3.63) is 48.6 Å². The lowest BCUT2D eigenvalue weighted by Crippen LogP contribution is -2.37. The molecule has 0 aromatic carbocycles. The zero-order chi connectivity index (χ0) is 45.7. The van der Waals surface area contributed by atoms with Gasteiger partial charge in [0.2, 0.25) is 0 Å². The maximum absolute atomic E-state index is 12.7. The molecule has 0 rings (SSSR count). The number of carbonyl (C=O) groups excluding carboxylic acids is 2. The van der Waals surface area contributed by atoms with Crippen molar-refractivity contribution in [1.82, 2.24) is 0 Å². The molecule has 0 saturated carbocycles. The number of hydrogen-bond acceptors (Lipinski definition) is 7. The average Bonchev–Trinajstić information content (AvgIpc) is 3.23. The van der Waals surface area contributed by atoms with Gasteiger partial charge in [-0.05, 0) is 51.4 Å². The van der Waals surface area contributed by atoms with Crippen LogP contribution in [0.15, 0.2) is 48.6 Å². The van der Waals surface area contributed by atoms with Gasteiger partial charge in [0.25, 0.3) is 0 Å². The maximum Gasteiger partial charge on any atom is 0.472 e. The van der Waals surface area contributed by atoms with Gasteiger partial charge in [0.15, 0.2) is 6.10 Å². The van der Waals surface area contributed by atoms with E-state index >= 15 is 0 Å². The van der Waals surface area contributed by atoms with Crippen molar-refractivity contribution < 1.29 is 42.1 Å². The summed E-state index contributed by atoms with van der Waals surface area (Å²) < 4.78 is 34.4. The lowest BCUT2D eigenvalue weighted by Gasteiger charge is -2.24. The highest BCUT2D eigenvalue weighted by molar-refractivity contribution is 7.47. The number of quaternary nitrogens is 1. The molecule has 362 valence electrons. The smallest absolute Gasteiger partial charge is 0.462 e. The standard InChI is InChI=1S/C52H96NO8P/c1-6-8-10-12-14-16-18-19-20-21-22-23-24-25-26-27-28-29-30-31-32-33-35-37-39-41-43-45-52(55)61-50(49-60-62(56,57)59-47-46-53(3,4)5)48-58-51(54)44-42-40-38-36-34-17-15-13-11-9-7-2/h8,10,14,16,19-20,22-23,50H,6-7,9,11-13,15,17-18,21,24-49H2,1-5H3/p+1/b10-8-,16-14-,20-19-,23-22-. The minimum Gasteiger partial charge on any atom is -0.462 e. The van der Waals surface area contributed by atoms with Crippen molar-refractivity contribution in [3.8, 4) is 0 Å². The Morgan fingerprint density at radius 2 is 0.919 bits per heavy atom. The number of likely N-dealkylation sites (N-methyl/N-ethyl adjacent to an activating group) is 1. The molecule has 0 amide bonds. The molecule has 0 aliphatic heterocycles. The van der Waals surface area contributed by atoms with Gasteiger partial charge in [-0.15, -0.1) is 0 Å². The first-order valence-corrected chi connectivity index (χ1v) is 26.9. The van der Waals surface area contributed by atoms with E-state index in [-0.39, 0.29) is 25.6 Å². The number of carbonyl (C=O) groups is 2. The van der Waals surface area contributed by atoms with Gasteiger partial charge in [0.05, 0.1) is 27.7 Å². The van der Waals surface area contributed by atoms with Crippen LogP contribution in [0.2, 0.25) is 0 Å². The molecule has 0 saturated heterocycles. The number of phosphoric ester groups is 1. The van der Waals surface area contributed by atoms with Crippen LogP contribution in [0, 0.1) is 0 Å². The second-order valence-electron chi connectivity index (χ2n) is 18.2. The predicted octanol–water partition coefficient (Wildman–Crippen LogP) is 15.0. The average molecular weight is 895 g/mol. The van der Waals surface area contributed by atoms with E-state index in [1.807, 2.05) is 21.1 Å². The summed E-state index contributed by atoms with van der Waals surface area (Å²) in [5, 5.41) is 0. The van der Waals surface area contributed by atoms with Gasteiger partial charge >= 0.3 is 19.8 Å². The molecular formula is C52H97NO8P+. The lowest BCUT2D eigenvalue weighted by molar-refractivity contribution is -0.870. The molecule has 0 fully saturated rings. The molecule has 2 unspecified atom stereocenters.